The van der Waals surface area contributed by atoms with Crippen LogP contribution in [0.15, 0.2) is 66.2 Å². The van der Waals surface area contributed by atoms with Crippen molar-refractivity contribution in [3.63, 3.8) is 0 Å². The molecule has 0 heterocycles. The number of allylic oxidation sites excluding steroid dienone is 1. The van der Waals surface area contributed by atoms with Gasteiger partial charge in [0.1, 0.15) is 0 Å². The summed E-state index contributed by atoms with van der Waals surface area (Å²) >= 11 is 0. The third-order valence-corrected chi connectivity index (χ3v) is 10.3. The fraction of sp³-hybridized carbons (Fsp3) is 0.351. The van der Waals surface area contributed by atoms with Gasteiger partial charge in [-0.15, -0.1) is 0 Å². The van der Waals surface area contributed by atoms with Crippen molar-refractivity contribution in [1.29, 1.82) is 0 Å². The van der Waals surface area contributed by atoms with Gasteiger partial charge in [0.2, 0.25) is 0 Å². The number of benzene rings is 4. The Bertz CT molecular complexity index is 1630. The van der Waals surface area contributed by atoms with E-state index in [-0.39, 0.29) is 10.8 Å². The minimum absolute atomic E-state index is 0.0762. The van der Waals surface area contributed by atoms with E-state index in [4.69, 9.17) is 0 Å². The maximum Gasteiger partial charge on any atom is 0.0796 e. The molecule has 38 heavy (non-hydrogen) atoms. The second kappa shape index (κ2) is 8.55. The molecule has 0 nitrogen and oxygen atoms in total. The molecule has 0 spiro atoms. The van der Waals surface area contributed by atoms with Crippen molar-refractivity contribution in [3.8, 4) is 11.1 Å². The van der Waals surface area contributed by atoms with Crippen molar-refractivity contribution < 1.29 is 0 Å². The van der Waals surface area contributed by atoms with Crippen LogP contribution in [0.1, 0.15) is 93.3 Å². The molecule has 6 rings (SSSR count). The molecule has 0 bridgehead atoms. The first-order valence-corrected chi connectivity index (χ1v) is 16.7. The van der Waals surface area contributed by atoms with Crippen LogP contribution in [0.4, 0.5) is 0 Å². The third-order valence-electron chi connectivity index (χ3n) is 8.83. The predicted molar refractivity (Wildman–Crippen MR) is 169 cm³/mol. The zero-order valence-corrected chi connectivity index (χ0v) is 25.6. The number of fused-ring (bicyclic) bond motifs is 6. The molecule has 0 amide bonds. The lowest BCUT2D eigenvalue weighted by atomic mass is 9.74. The highest BCUT2D eigenvalue weighted by atomic mass is 28.3. The van der Waals surface area contributed by atoms with Crippen LogP contribution in [-0.2, 0) is 17.3 Å². The smallest absolute Gasteiger partial charge is 0.0671 e. The maximum absolute atomic E-state index is 2.60. The van der Waals surface area contributed by atoms with E-state index in [0.29, 0.717) is 5.92 Å². The molecule has 1 radical (unpaired) electrons. The molecule has 1 unspecified atom stereocenters. The van der Waals surface area contributed by atoms with Gasteiger partial charge in [0.25, 0.3) is 0 Å². The molecule has 0 saturated carbocycles. The van der Waals surface area contributed by atoms with Crippen molar-refractivity contribution in [2.45, 2.75) is 84.7 Å². The van der Waals surface area contributed by atoms with Crippen molar-refractivity contribution in [1.82, 2.24) is 0 Å². The van der Waals surface area contributed by atoms with E-state index in [2.05, 4.69) is 128 Å². The summed E-state index contributed by atoms with van der Waals surface area (Å²) < 4.78 is 0. The lowest BCUT2D eigenvalue weighted by molar-refractivity contribution is 0.583. The highest BCUT2D eigenvalue weighted by Crippen LogP contribution is 2.51. The van der Waals surface area contributed by atoms with E-state index < -0.39 is 8.80 Å². The Labute approximate surface area is 231 Å². The van der Waals surface area contributed by atoms with Crippen LogP contribution in [0.25, 0.3) is 28.0 Å². The summed E-state index contributed by atoms with van der Waals surface area (Å²) in [6.45, 7) is 21.6. The largest absolute Gasteiger partial charge is 0.0796 e. The van der Waals surface area contributed by atoms with Gasteiger partial charge in [-0.3, -0.25) is 0 Å². The predicted octanol–water partition coefficient (Wildman–Crippen LogP) is 9.52. The lowest BCUT2D eigenvalue weighted by Gasteiger charge is -2.33. The molecule has 4 aromatic rings. The Morgan fingerprint density at radius 2 is 1.53 bits per heavy atom. The van der Waals surface area contributed by atoms with Gasteiger partial charge in [-0.1, -0.05) is 132 Å². The summed E-state index contributed by atoms with van der Waals surface area (Å²) in [5, 5.41) is 4.33. The van der Waals surface area contributed by atoms with Gasteiger partial charge < -0.3 is 0 Å². The zero-order valence-electron chi connectivity index (χ0n) is 24.6. The molecular weight excluding hydrogens is 472 g/mol. The Balaban J connectivity index is 1.67. The van der Waals surface area contributed by atoms with Crippen molar-refractivity contribution in [3.05, 3.63) is 105 Å². The molecule has 0 aliphatic heterocycles. The highest BCUT2D eigenvalue weighted by molar-refractivity contribution is 6.71. The van der Waals surface area contributed by atoms with Crippen molar-refractivity contribution in [2.75, 3.05) is 0 Å². The fourth-order valence-corrected chi connectivity index (χ4v) is 8.46. The van der Waals surface area contributed by atoms with E-state index >= 15 is 0 Å². The van der Waals surface area contributed by atoms with Gasteiger partial charge in [-0.2, -0.15) is 0 Å². The molecule has 0 aromatic heterocycles. The van der Waals surface area contributed by atoms with Crippen LogP contribution in [0.3, 0.4) is 0 Å². The van der Waals surface area contributed by atoms with E-state index in [1.807, 2.05) is 0 Å². The molecule has 4 aromatic carbocycles. The van der Waals surface area contributed by atoms with Gasteiger partial charge >= 0.3 is 0 Å². The molecule has 1 heteroatoms. The summed E-state index contributed by atoms with van der Waals surface area (Å²) in [5.74, 6) is 0.315. The minimum Gasteiger partial charge on any atom is -0.0671 e. The second-order valence-corrected chi connectivity index (χ2v) is 16.4. The first-order valence-electron chi connectivity index (χ1n) is 14.2. The van der Waals surface area contributed by atoms with Gasteiger partial charge in [0.15, 0.2) is 0 Å². The molecule has 193 valence electrons. The molecule has 2 aliphatic carbocycles. The SMILES string of the molecule is CC1=Cc2c(ccc3ccccc23)C1c1c2c(cc([Si](C)C)c1C(C)(C)C)-c1ccc(C(C)(C)C)cc1C2. The average Bonchev–Trinajstić information content (AvgIpc) is 3.38. The monoisotopic (exact) mass is 513 g/mol. The first-order chi connectivity index (χ1) is 17.9. The van der Waals surface area contributed by atoms with Gasteiger partial charge in [0.05, 0.1) is 8.80 Å². The molecule has 0 N–H and O–H groups in total. The second-order valence-electron chi connectivity index (χ2n) is 13.9. The Hall–Kier alpha value is -2.90. The zero-order chi connectivity index (χ0) is 27.1. The van der Waals surface area contributed by atoms with Gasteiger partial charge in [-0.25, -0.2) is 0 Å². The van der Waals surface area contributed by atoms with Gasteiger partial charge in [0, 0.05) is 5.92 Å². The Morgan fingerprint density at radius 3 is 2.21 bits per heavy atom. The molecular formula is C37H41Si. The van der Waals surface area contributed by atoms with Crippen LogP contribution in [-0.4, -0.2) is 8.80 Å². The van der Waals surface area contributed by atoms with Crippen LogP contribution in [0.5, 0.6) is 0 Å². The highest BCUT2D eigenvalue weighted by Gasteiger charge is 2.37. The molecule has 0 fully saturated rings. The molecule has 2 aliphatic rings. The van der Waals surface area contributed by atoms with Crippen molar-refractivity contribution in [2.24, 2.45) is 0 Å². The Morgan fingerprint density at radius 1 is 0.789 bits per heavy atom. The molecule has 0 saturated heterocycles. The van der Waals surface area contributed by atoms with E-state index in [1.54, 1.807) is 21.9 Å². The number of hydrogen-bond acceptors (Lipinski definition) is 0. The normalized spacial score (nSPS) is 16.6. The molecule has 1 atom stereocenters. The van der Waals surface area contributed by atoms with E-state index in [1.165, 1.54) is 49.7 Å². The van der Waals surface area contributed by atoms with Crippen LogP contribution in [0, 0.1) is 0 Å². The van der Waals surface area contributed by atoms with Crippen molar-refractivity contribution >= 4 is 30.8 Å². The number of rotatable bonds is 2. The maximum atomic E-state index is 2.60. The topological polar surface area (TPSA) is 0 Å². The first kappa shape index (κ1) is 25.4. The lowest BCUT2D eigenvalue weighted by Crippen LogP contribution is -2.36. The van der Waals surface area contributed by atoms with Crippen LogP contribution < -0.4 is 5.19 Å². The summed E-state index contributed by atoms with van der Waals surface area (Å²) in [7, 11) is -0.676. The number of hydrogen-bond donors (Lipinski definition) is 0. The average molecular weight is 514 g/mol. The standard InChI is InChI=1S/C37H41Si/c1-22-18-29-26-13-11-10-12-23(26)14-16-28(29)33(22)34-31-20-24-19-25(36(2,3)4)15-17-27(24)30(31)21-32(38(8)9)35(34)37(5,6)7/h10-19,21,33H,20H2,1-9H3. The summed E-state index contributed by atoms with van der Waals surface area (Å²) in [6, 6.07) is 23.5. The van der Waals surface area contributed by atoms with E-state index in [0.717, 1.165) is 6.42 Å². The van der Waals surface area contributed by atoms with Crippen LogP contribution in [0.2, 0.25) is 13.1 Å². The quantitative estimate of drug-likeness (QED) is 0.206. The minimum atomic E-state index is -0.676. The van der Waals surface area contributed by atoms with Gasteiger partial charge in [-0.05, 0) is 85.0 Å². The fourth-order valence-electron chi connectivity index (χ4n) is 7.02. The van der Waals surface area contributed by atoms with Crippen LogP contribution >= 0.6 is 0 Å². The third kappa shape index (κ3) is 3.85. The van der Waals surface area contributed by atoms with E-state index in [9.17, 15) is 0 Å². The summed E-state index contributed by atoms with van der Waals surface area (Å²) in [4.78, 5) is 0. The summed E-state index contributed by atoms with van der Waals surface area (Å²) in [6.07, 6.45) is 3.52. The summed E-state index contributed by atoms with van der Waals surface area (Å²) in [5.41, 5.74) is 15.3. The Kier molecular flexibility index (Phi) is 5.71.